The van der Waals surface area contributed by atoms with Crippen molar-refractivity contribution in [3.63, 3.8) is 0 Å². The number of aromatic carboxylic acids is 1. The maximum atomic E-state index is 11.4. The van der Waals surface area contributed by atoms with Gasteiger partial charge in [0.1, 0.15) is 5.75 Å². The molecular weight excluding hydrogens is 392 g/mol. The van der Waals surface area contributed by atoms with Crippen molar-refractivity contribution in [2.75, 3.05) is 39.5 Å². The lowest BCUT2D eigenvalue weighted by Gasteiger charge is -2.26. The molecule has 6 nitrogen and oxygen atoms in total. The fourth-order valence-corrected chi connectivity index (χ4v) is 3.85. The van der Waals surface area contributed by atoms with Gasteiger partial charge in [-0.3, -0.25) is 4.90 Å². The third kappa shape index (κ3) is 4.56. The summed E-state index contributed by atoms with van der Waals surface area (Å²) in [5.74, 6) is -0.161. The minimum atomic E-state index is -0.967. The monoisotopic (exact) mass is 414 g/mol. The number of benzene rings is 2. The van der Waals surface area contributed by atoms with Crippen LogP contribution in [0.25, 0.3) is 22.0 Å². The second-order valence-corrected chi connectivity index (χ2v) is 7.47. The molecule has 2 N–H and O–H groups in total. The van der Waals surface area contributed by atoms with Crippen LogP contribution in [-0.4, -0.2) is 60.4 Å². The highest BCUT2D eigenvalue weighted by Crippen LogP contribution is 2.34. The summed E-state index contributed by atoms with van der Waals surface area (Å²) in [6.07, 6.45) is 2.46. The first-order chi connectivity index (χ1) is 14.1. The molecular formula is C22H23ClN2O4. The zero-order valence-corrected chi connectivity index (χ0v) is 16.7. The van der Waals surface area contributed by atoms with Gasteiger partial charge in [-0.2, -0.15) is 0 Å². The molecule has 0 atom stereocenters. The van der Waals surface area contributed by atoms with Crippen molar-refractivity contribution in [3.8, 4) is 16.9 Å². The van der Waals surface area contributed by atoms with Gasteiger partial charge in [0.15, 0.2) is 0 Å². The number of halogens is 1. The van der Waals surface area contributed by atoms with Gasteiger partial charge in [0.2, 0.25) is 0 Å². The van der Waals surface area contributed by atoms with E-state index in [1.165, 1.54) is 6.20 Å². The minimum Gasteiger partial charge on any atom is -0.494 e. The number of nitrogens with zero attached hydrogens (tertiary/aromatic N) is 1. The Labute approximate surface area is 174 Å². The van der Waals surface area contributed by atoms with Crippen LogP contribution in [0.1, 0.15) is 16.8 Å². The number of carboxylic acid groups (broad SMARTS) is 1. The average molecular weight is 415 g/mol. The van der Waals surface area contributed by atoms with Crippen LogP contribution in [-0.2, 0) is 4.74 Å². The SMILES string of the molecule is O=C(O)c1c[nH]c2cc(Cl)c(-c3ccc(OCCCN4CCOCC4)cc3)cc12. The van der Waals surface area contributed by atoms with Gasteiger partial charge in [-0.25, -0.2) is 4.79 Å². The molecule has 0 spiro atoms. The molecule has 1 aliphatic rings. The van der Waals surface area contributed by atoms with Crippen LogP contribution in [0.2, 0.25) is 5.02 Å². The Morgan fingerprint density at radius 2 is 1.97 bits per heavy atom. The van der Waals surface area contributed by atoms with Gasteiger partial charge in [0.25, 0.3) is 0 Å². The van der Waals surface area contributed by atoms with E-state index in [4.69, 9.17) is 21.1 Å². The highest BCUT2D eigenvalue weighted by molar-refractivity contribution is 6.34. The highest BCUT2D eigenvalue weighted by atomic mass is 35.5. The topological polar surface area (TPSA) is 74.8 Å². The number of aromatic nitrogens is 1. The van der Waals surface area contributed by atoms with Gasteiger partial charge in [0, 0.05) is 42.3 Å². The van der Waals surface area contributed by atoms with Crippen molar-refractivity contribution in [1.82, 2.24) is 9.88 Å². The summed E-state index contributed by atoms with van der Waals surface area (Å²) in [5, 5.41) is 10.6. The van der Waals surface area contributed by atoms with Crippen LogP contribution in [0.4, 0.5) is 0 Å². The zero-order chi connectivity index (χ0) is 20.2. The number of hydrogen-bond donors (Lipinski definition) is 2. The molecule has 0 bridgehead atoms. The van der Waals surface area contributed by atoms with Crippen molar-refractivity contribution in [2.45, 2.75) is 6.42 Å². The molecule has 1 saturated heterocycles. The molecule has 7 heteroatoms. The molecule has 1 fully saturated rings. The fraction of sp³-hybridized carbons (Fsp3) is 0.318. The van der Waals surface area contributed by atoms with Crippen molar-refractivity contribution >= 4 is 28.5 Å². The Morgan fingerprint density at radius 3 is 2.69 bits per heavy atom. The van der Waals surface area contributed by atoms with E-state index in [9.17, 15) is 9.90 Å². The normalized spacial score (nSPS) is 14.9. The van der Waals surface area contributed by atoms with Crippen LogP contribution >= 0.6 is 11.6 Å². The molecule has 1 aromatic heterocycles. The molecule has 0 amide bonds. The van der Waals surface area contributed by atoms with E-state index in [1.54, 1.807) is 6.07 Å². The van der Waals surface area contributed by atoms with Crippen molar-refractivity contribution in [3.05, 3.63) is 53.2 Å². The van der Waals surface area contributed by atoms with Gasteiger partial charge in [-0.15, -0.1) is 0 Å². The summed E-state index contributed by atoms with van der Waals surface area (Å²) in [7, 11) is 0. The van der Waals surface area contributed by atoms with Gasteiger partial charge >= 0.3 is 5.97 Å². The number of ether oxygens (including phenoxy) is 2. The second-order valence-electron chi connectivity index (χ2n) is 7.07. The lowest BCUT2D eigenvalue weighted by atomic mass is 10.0. The summed E-state index contributed by atoms with van der Waals surface area (Å²) in [6, 6.07) is 11.3. The van der Waals surface area contributed by atoms with Crippen LogP contribution in [0.5, 0.6) is 5.75 Å². The summed E-state index contributed by atoms with van der Waals surface area (Å²) < 4.78 is 11.2. The highest BCUT2D eigenvalue weighted by Gasteiger charge is 2.14. The number of fused-ring (bicyclic) bond motifs is 1. The lowest BCUT2D eigenvalue weighted by Crippen LogP contribution is -2.37. The average Bonchev–Trinajstić information content (AvgIpc) is 3.15. The first-order valence-electron chi connectivity index (χ1n) is 9.69. The third-order valence-electron chi connectivity index (χ3n) is 5.16. The number of nitrogens with one attached hydrogen (secondary N) is 1. The fourth-order valence-electron chi connectivity index (χ4n) is 3.58. The molecule has 2 heterocycles. The number of H-pyrrole nitrogens is 1. The number of morpholine rings is 1. The van der Waals surface area contributed by atoms with Gasteiger partial charge < -0.3 is 19.6 Å². The zero-order valence-electron chi connectivity index (χ0n) is 16.0. The maximum Gasteiger partial charge on any atom is 0.337 e. The Bertz CT molecular complexity index is 994. The molecule has 4 rings (SSSR count). The summed E-state index contributed by atoms with van der Waals surface area (Å²) in [5.41, 5.74) is 2.64. The Balaban J connectivity index is 1.41. The molecule has 1 aliphatic heterocycles. The van der Waals surface area contributed by atoms with E-state index in [2.05, 4.69) is 9.88 Å². The van der Waals surface area contributed by atoms with E-state index in [1.807, 2.05) is 30.3 Å². The molecule has 0 unspecified atom stereocenters. The molecule has 3 aromatic rings. The summed E-state index contributed by atoms with van der Waals surface area (Å²) >= 11 is 6.43. The molecule has 2 aromatic carbocycles. The first-order valence-corrected chi connectivity index (χ1v) is 10.1. The molecule has 0 radical (unpaired) electrons. The van der Waals surface area contributed by atoms with Crippen molar-refractivity contribution in [1.29, 1.82) is 0 Å². The molecule has 152 valence electrons. The number of rotatable bonds is 7. The number of carboxylic acids is 1. The standard InChI is InChI=1S/C22H23ClN2O4/c23-20-13-21-18(19(14-24-21)22(26)27)12-17(20)15-2-4-16(5-3-15)29-9-1-6-25-7-10-28-11-8-25/h2-5,12-14,24H,1,6-11H2,(H,26,27). The van der Waals surface area contributed by atoms with Crippen LogP contribution < -0.4 is 4.74 Å². The van der Waals surface area contributed by atoms with Crippen LogP contribution in [0, 0.1) is 0 Å². The Morgan fingerprint density at radius 1 is 1.21 bits per heavy atom. The van der Waals surface area contributed by atoms with Gasteiger partial charge in [-0.1, -0.05) is 23.7 Å². The number of hydrogen-bond acceptors (Lipinski definition) is 4. The number of carbonyl (C=O) groups is 1. The smallest absolute Gasteiger partial charge is 0.337 e. The van der Waals surface area contributed by atoms with E-state index in [0.29, 0.717) is 22.5 Å². The largest absolute Gasteiger partial charge is 0.494 e. The summed E-state index contributed by atoms with van der Waals surface area (Å²) in [6.45, 7) is 5.28. The molecule has 29 heavy (non-hydrogen) atoms. The Hall–Kier alpha value is -2.54. The van der Waals surface area contributed by atoms with Gasteiger partial charge in [0.05, 0.1) is 30.4 Å². The second kappa shape index (κ2) is 8.86. The summed E-state index contributed by atoms with van der Waals surface area (Å²) in [4.78, 5) is 16.7. The predicted molar refractivity (Wildman–Crippen MR) is 113 cm³/mol. The Kier molecular flexibility index (Phi) is 6.04. The predicted octanol–water partition coefficient (Wildman–Crippen LogP) is 4.29. The first kappa shape index (κ1) is 19.8. The molecule has 0 aliphatic carbocycles. The quantitative estimate of drug-likeness (QED) is 0.564. The van der Waals surface area contributed by atoms with E-state index in [-0.39, 0.29) is 5.56 Å². The van der Waals surface area contributed by atoms with Crippen molar-refractivity contribution < 1.29 is 19.4 Å². The van der Waals surface area contributed by atoms with Crippen molar-refractivity contribution in [2.24, 2.45) is 0 Å². The number of aromatic amines is 1. The lowest BCUT2D eigenvalue weighted by molar-refractivity contribution is 0.0358. The van der Waals surface area contributed by atoms with E-state index < -0.39 is 5.97 Å². The maximum absolute atomic E-state index is 11.4. The van der Waals surface area contributed by atoms with Crippen LogP contribution in [0.15, 0.2) is 42.6 Å². The minimum absolute atomic E-state index is 0.234. The van der Waals surface area contributed by atoms with E-state index in [0.717, 1.165) is 56.1 Å². The van der Waals surface area contributed by atoms with Crippen LogP contribution in [0.3, 0.4) is 0 Å². The third-order valence-corrected chi connectivity index (χ3v) is 5.47. The molecule has 0 saturated carbocycles. The van der Waals surface area contributed by atoms with Gasteiger partial charge in [-0.05, 0) is 36.2 Å². The van der Waals surface area contributed by atoms with E-state index >= 15 is 0 Å².